The van der Waals surface area contributed by atoms with E-state index in [1.807, 2.05) is 48.5 Å². The minimum atomic E-state index is -1.26. The van der Waals surface area contributed by atoms with Crippen molar-refractivity contribution in [2.24, 2.45) is 23.7 Å². The maximum atomic E-state index is 14.5. The molecule has 7 nitrogen and oxygen atoms in total. The number of halogens is 2. The van der Waals surface area contributed by atoms with Crippen LogP contribution in [0, 0.1) is 36.4 Å². The molecule has 4 aromatic carbocycles. The van der Waals surface area contributed by atoms with Crippen molar-refractivity contribution in [3.63, 3.8) is 0 Å². The van der Waals surface area contributed by atoms with E-state index in [-0.39, 0.29) is 18.8 Å². The monoisotopic (exact) mass is 1020 g/mol. The summed E-state index contributed by atoms with van der Waals surface area (Å²) in [7, 11) is 1.63. The lowest BCUT2D eigenvalue weighted by Gasteiger charge is -2.29. The Morgan fingerprint density at radius 3 is 2.42 bits per heavy atom. The molecule has 4 bridgehead atoms. The molecule has 2 atom stereocenters. The van der Waals surface area contributed by atoms with Gasteiger partial charge in [-0.1, -0.05) is 144 Å². The number of hydrogen-bond donors (Lipinski definition) is 1. The number of aryl methyl sites for hydroxylation is 1. The number of thiophene rings is 1. The van der Waals surface area contributed by atoms with E-state index in [4.69, 9.17) is 30.8 Å². The topological polar surface area (TPSA) is 90.8 Å². The van der Waals surface area contributed by atoms with Crippen LogP contribution in [0.15, 0.2) is 103 Å². The van der Waals surface area contributed by atoms with E-state index in [0.717, 1.165) is 120 Å². The molecular formula is C63H70ClFN2O5S. The third-order valence-electron chi connectivity index (χ3n) is 15.3. The molecule has 0 saturated heterocycles. The highest BCUT2D eigenvalue weighted by Crippen LogP contribution is 2.41. The van der Waals surface area contributed by atoms with Gasteiger partial charge in [0.05, 0.1) is 18.4 Å². The van der Waals surface area contributed by atoms with Crippen LogP contribution in [-0.4, -0.2) is 34.3 Å². The molecule has 1 N–H and O–H groups in total. The highest BCUT2D eigenvalue weighted by atomic mass is 35.5. The summed E-state index contributed by atoms with van der Waals surface area (Å²) < 4.78 is 34.7. The van der Waals surface area contributed by atoms with Gasteiger partial charge >= 0.3 is 5.97 Å². The highest BCUT2D eigenvalue weighted by molar-refractivity contribution is 7.14. The van der Waals surface area contributed by atoms with E-state index in [1.54, 1.807) is 24.6 Å². The second kappa shape index (κ2) is 24.5. The van der Waals surface area contributed by atoms with Crippen LogP contribution in [0.2, 0.25) is 5.02 Å². The second-order valence-corrected chi connectivity index (χ2v) is 22.4. The van der Waals surface area contributed by atoms with Gasteiger partial charge in [-0.15, -0.1) is 11.3 Å². The number of fused-ring (bicyclic) bond motifs is 7. The molecule has 2 aromatic heterocycles. The van der Waals surface area contributed by atoms with Crippen molar-refractivity contribution in [1.82, 2.24) is 9.97 Å². The minimum absolute atomic E-state index is 0.0628. The Morgan fingerprint density at radius 1 is 0.863 bits per heavy atom. The third kappa shape index (κ3) is 13.0. The lowest BCUT2D eigenvalue weighted by atomic mass is 9.77. The number of benzene rings is 4. The molecule has 4 heterocycles. The molecule has 0 radical (unpaired) electrons. The van der Waals surface area contributed by atoms with Crippen LogP contribution < -0.4 is 19.2 Å². The van der Waals surface area contributed by atoms with Gasteiger partial charge in [-0.25, -0.2) is 19.2 Å². The van der Waals surface area contributed by atoms with Crippen molar-refractivity contribution in [2.75, 3.05) is 7.11 Å². The van der Waals surface area contributed by atoms with E-state index >= 15 is 0 Å². The first-order chi connectivity index (χ1) is 35.5. The van der Waals surface area contributed by atoms with Gasteiger partial charge in [-0.3, -0.25) is 0 Å². The SMILES string of the molecule is COc1ccccc1-c1nccc(COc2ccc3cc2C[C@H](C(=O)O)O/C2=c4\c(c(-c5ccc(F)cc5)s\c4=C\CC/C=C\C2)-c2ccc(c(Cl)c2C)CC(CCCCC2CCC(CC(C)C)CC2)CC3)n1. The Hall–Kier alpha value is -5.77. The van der Waals surface area contributed by atoms with Crippen molar-refractivity contribution in [1.29, 1.82) is 0 Å². The summed E-state index contributed by atoms with van der Waals surface area (Å²) in [4.78, 5) is 24.0. The zero-order valence-electron chi connectivity index (χ0n) is 42.9. The number of carboxylic acids is 1. The number of unbranched alkanes of at least 4 members (excludes halogenated alkanes) is 1. The molecule has 4 aliphatic rings. The number of methoxy groups -OCH3 is 1. The quantitative estimate of drug-likeness (QED) is 0.0858. The normalized spacial score (nSPS) is 20.8. The number of rotatable bonds is 14. The number of ether oxygens (including phenoxy) is 3. The molecule has 1 unspecified atom stereocenters. The molecule has 0 amide bonds. The van der Waals surface area contributed by atoms with Gasteiger partial charge in [-0.2, -0.15) is 0 Å². The third-order valence-corrected chi connectivity index (χ3v) is 17.1. The van der Waals surface area contributed by atoms with Crippen molar-refractivity contribution in [3.8, 4) is 44.5 Å². The molecule has 6 aromatic rings. The van der Waals surface area contributed by atoms with Gasteiger partial charge in [0.2, 0.25) is 0 Å². The van der Waals surface area contributed by atoms with Crippen molar-refractivity contribution < 1.29 is 28.5 Å². The summed E-state index contributed by atoms with van der Waals surface area (Å²) >= 11 is 9.21. The van der Waals surface area contributed by atoms with Crippen molar-refractivity contribution in [2.45, 2.75) is 136 Å². The first-order valence-electron chi connectivity index (χ1n) is 26.7. The van der Waals surface area contributed by atoms with E-state index < -0.39 is 12.1 Å². The lowest BCUT2D eigenvalue weighted by Crippen LogP contribution is -2.31. The second-order valence-electron chi connectivity index (χ2n) is 21.0. The zero-order valence-corrected chi connectivity index (χ0v) is 44.5. The molecule has 1 saturated carbocycles. The number of aliphatic carboxylic acids is 1. The fourth-order valence-corrected chi connectivity index (χ4v) is 13.0. The lowest BCUT2D eigenvalue weighted by molar-refractivity contribution is -0.146. The molecule has 10 rings (SSSR count). The molecule has 1 fully saturated rings. The fourth-order valence-electron chi connectivity index (χ4n) is 11.5. The molecule has 2 aliphatic carbocycles. The number of carboxylic acid groups (broad SMARTS) is 1. The van der Waals surface area contributed by atoms with Crippen LogP contribution in [-0.2, 0) is 35.4 Å². The van der Waals surface area contributed by atoms with Gasteiger partial charge in [0, 0.05) is 44.3 Å². The number of carbonyl (C=O) groups is 1. The zero-order chi connectivity index (χ0) is 50.8. The van der Waals surface area contributed by atoms with Crippen molar-refractivity contribution >= 4 is 40.7 Å². The average molecular weight is 1020 g/mol. The van der Waals surface area contributed by atoms with Gasteiger partial charge in [-0.05, 0) is 139 Å². The Labute approximate surface area is 440 Å². The highest BCUT2D eigenvalue weighted by Gasteiger charge is 2.28. The minimum Gasteiger partial charge on any atom is -0.496 e. The van der Waals surface area contributed by atoms with Crippen LogP contribution in [0.25, 0.3) is 44.8 Å². The van der Waals surface area contributed by atoms with Crippen LogP contribution in [0.4, 0.5) is 4.39 Å². The number of aromatic nitrogens is 2. The van der Waals surface area contributed by atoms with Crippen LogP contribution in [0.3, 0.4) is 0 Å². The summed E-state index contributed by atoms with van der Waals surface area (Å²) in [6.45, 7) is 6.95. The average Bonchev–Trinajstić information content (AvgIpc) is 3.80. The molecule has 10 heteroatoms. The molecule has 2 aliphatic heterocycles. The Bertz CT molecular complexity index is 3030. The fraction of sp³-hybridized carbons (Fsp3) is 0.413. The van der Waals surface area contributed by atoms with Gasteiger partial charge in [0.1, 0.15) is 29.7 Å². The van der Waals surface area contributed by atoms with E-state index in [1.165, 1.54) is 63.5 Å². The van der Waals surface area contributed by atoms with Crippen LogP contribution in [0.1, 0.15) is 125 Å². The summed E-state index contributed by atoms with van der Waals surface area (Å²) in [6, 6.07) is 26.8. The summed E-state index contributed by atoms with van der Waals surface area (Å²) in [5.41, 5.74) is 8.18. The van der Waals surface area contributed by atoms with E-state index in [0.29, 0.717) is 41.1 Å². The summed E-state index contributed by atoms with van der Waals surface area (Å²) in [6.07, 6.45) is 23.3. The number of allylic oxidation sites excluding steroid dienone is 1. The predicted octanol–water partition coefficient (Wildman–Crippen LogP) is 15.1. The first-order valence-corrected chi connectivity index (χ1v) is 27.9. The Morgan fingerprint density at radius 2 is 1.64 bits per heavy atom. The van der Waals surface area contributed by atoms with Gasteiger partial charge in [0.15, 0.2) is 11.9 Å². The van der Waals surface area contributed by atoms with Gasteiger partial charge in [0.25, 0.3) is 0 Å². The molecule has 73 heavy (non-hydrogen) atoms. The number of nitrogens with zero attached hydrogens (tertiary/aromatic N) is 2. The summed E-state index contributed by atoms with van der Waals surface area (Å²) in [5, 5.41) is 12.8. The summed E-state index contributed by atoms with van der Waals surface area (Å²) in [5.74, 6) is 3.84. The van der Waals surface area contributed by atoms with Gasteiger partial charge < -0.3 is 19.3 Å². The smallest absolute Gasteiger partial charge is 0.345 e. The van der Waals surface area contributed by atoms with E-state index in [9.17, 15) is 14.3 Å². The Kier molecular flexibility index (Phi) is 17.5. The van der Waals surface area contributed by atoms with E-state index in [2.05, 4.69) is 68.2 Å². The molecule has 382 valence electrons. The first kappa shape index (κ1) is 52.1. The maximum Gasteiger partial charge on any atom is 0.345 e. The Balaban J connectivity index is 1.10. The molecule has 0 spiro atoms. The number of hydrogen-bond acceptors (Lipinski definition) is 7. The van der Waals surface area contributed by atoms with Crippen LogP contribution >= 0.6 is 22.9 Å². The standard InChI is InChI=1S/C63H70ClFN2O5S/c1-40(2)35-44-21-19-42(20-22-44)13-9-10-14-43-23-24-45-25-32-53(71-39-50-33-34-66-62(67-50)52-15-11-12-16-54(52)70-4)48(37-45)38-56(63(68)69)72-55-17-7-5-6-8-18-57-59(55)58(51-31-28-47(36-43)60(64)41(51)3)61(73-57)46-26-29-49(65)30-27-46/h5,7,11-12,15-16,18,25-34,37,40,42-44,56H,6,8-10,13-14,17,19-24,35-36,38-39H2,1-4H3,(H,68,69)/b7-5-,57-18+,59-55-/t42?,43?,44?,56-/m1/s1. The van der Waals surface area contributed by atoms with Crippen LogP contribution in [0.5, 0.6) is 11.5 Å². The van der Waals surface area contributed by atoms with Crippen molar-refractivity contribution in [3.05, 3.63) is 152 Å². The molecular weight excluding hydrogens is 951 g/mol. The predicted molar refractivity (Wildman–Crippen MR) is 295 cm³/mol. The number of para-hydroxylation sites is 1. The largest absolute Gasteiger partial charge is 0.496 e. The maximum absolute atomic E-state index is 14.5.